The smallest absolute Gasteiger partial charge is 0.157 e. The minimum atomic E-state index is 0.536. The lowest BCUT2D eigenvalue weighted by atomic mass is 10.1. The highest BCUT2D eigenvalue weighted by Crippen LogP contribution is 2.16. The fourth-order valence-corrected chi connectivity index (χ4v) is 2.38. The second-order valence-electron chi connectivity index (χ2n) is 4.71. The zero-order valence-corrected chi connectivity index (χ0v) is 11.7. The van der Waals surface area contributed by atoms with Gasteiger partial charge in [0.1, 0.15) is 11.2 Å². The number of aromatic amines is 1. The van der Waals surface area contributed by atoms with Crippen molar-refractivity contribution in [2.24, 2.45) is 0 Å². The Kier molecular flexibility index (Phi) is 2.91. The molecule has 3 aromatic rings. The average molecular weight is 270 g/mol. The highest BCUT2D eigenvalue weighted by molar-refractivity contribution is 7.71. The Morgan fingerprint density at radius 3 is 2.95 bits per heavy atom. The van der Waals surface area contributed by atoms with Crippen molar-refractivity contribution in [3.05, 3.63) is 52.2 Å². The molecule has 0 unspecified atom stereocenters. The van der Waals surface area contributed by atoms with E-state index in [1.807, 2.05) is 0 Å². The van der Waals surface area contributed by atoms with Crippen molar-refractivity contribution in [1.82, 2.24) is 19.5 Å². The Hall–Kier alpha value is -2.01. The molecular weight excluding hydrogens is 256 g/mol. The van der Waals surface area contributed by atoms with E-state index in [0.717, 1.165) is 17.7 Å². The van der Waals surface area contributed by atoms with Crippen molar-refractivity contribution >= 4 is 23.4 Å². The molecule has 2 heterocycles. The van der Waals surface area contributed by atoms with Gasteiger partial charge in [0, 0.05) is 0 Å². The summed E-state index contributed by atoms with van der Waals surface area (Å²) >= 11 is 5.17. The summed E-state index contributed by atoms with van der Waals surface area (Å²) in [5.41, 5.74) is 5.50. The number of hydrogen-bond acceptors (Lipinski definition) is 3. The molecule has 0 fully saturated rings. The molecule has 0 aliphatic rings. The Morgan fingerprint density at radius 1 is 1.26 bits per heavy atom. The summed E-state index contributed by atoms with van der Waals surface area (Å²) in [6, 6.07) is 6.48. The van der Waals surface area contributed by atoms with Gasteiger partial charge in [-0.2, -0.15) is 0 Å². The first-order chi connectivity index (χ1) is 9.15. The molecule has 2 aromatic heterocycles. The zero-order valence-electron chi connectivity index (χ0n) is 10.8. The zero-order chi connectivity index (χ0) is 13.4. The number of aryl methyl sites for hydroxylation is 2. The van der Waals surface area contributed by atoms with Gasteiger partial charge in [0.2, 0.25) is 0 Å². The molecule has 0 bridgehead atoms. The summed E-state index contributed by atoms with van der Waals surface area (Å²) in [5, 5.41) is 0. The van der Waals surface area contributed by atoms with Gasteiger partial charge in [-0.3, -0.25) is 0 Å². The van der Waals surface area contributed by atoms with Gasteiger partial charge in [-0.25, -0.2) is 9.97 Å². The summed E-state index contributed by atoms with van der Waals surface area (Å²) in [6.45, 7) is 5.00. The van der Waals surface area contributed by atoms with Crippen LogP contribution in [0.4, 0.5) is 0 Å². The molecule has 19 heavy (non-hydrogen) atoms. The second kappa shape index (κ2) is 4.59. The monoisotopic (exact) mass is 270 g/mol. The molecule has 0 saturated heterocycles. The minimum Gasteiger partial charge on any atom is -0.330 e. The maximum atomic E-state index is 5.17. The molecule has 0 radical (unpaired) electrons. The molecular formula is C14H14N4S. The number of fused-ring (bicyclic) bond motifs is 1. The van der Waals surface area contributed by atoms with Crippen LogP contribution in [0, 0.1) is 18.5 Å². The largest absolute Gasteiger partial charge is 0.330 e. The van der Waals surface area contributed by atoms with E-state index in [2.05, 4.69) is 51.6 Å². The van der Waals surface area contributed by atoms with Gasteiger partial charge in [-0.1, -0.05) is 36.0 Å². The molecule has 1 N–H and O–H groups in total. The Balaban J connectivity index is 2.09. The second-order valence-corrected chi connectivity index (χ2v) is 5.09. The first kappa shape index (κ1) is 12.0. The third-order valence-corrected chi connectivity index (χ3v) is 3.57. The van der Waals surface area contributed by atoms with Crippen LogP contribution < -0.4 is 0 Å². The summed E-state index contributed by atoms with van der Waals surface area (Å²) in [7, 11) is 0. The van der Waals surface area contributed by atoms with Gasteiger partial charge in [0.05, 0.1) is 19.2 Å². The van der Waals surface area contributed by atoms with Crippen molar-refractivity contribution in [2.75, 3.05) is 0 Å². The molecule has 1 aromatic carbocycles. The van der Waals surface area contributed by atoms with Crippen LogP contribution in [0.25, 0.3) is 11.2 Å². The molecule has 4 nitrogen and oxygen atoms in total. The SMILES string of the molecule is Cc1ccc(C)c(Cn2cnc3c(=S)nc[nH]c32)c1. The molecule has 96 valence electrons. The molecule has 0 aliphatic heterocycles. The predicted octanol–water partition coefficient (Wildman–Crippen LogP) is 3.15. The topological polar surface area (TPSA) is 46.5 Å². The molecule has 0 aliphatic carbocycles. The summed E-state index contributed by atoms with van der Waals surface area (Å²) in [6.07, 6.45) is 3.42. The van der Waals surface area contributed by atoms with Crippen molar-refractivity contribution in [3.8, 4) is 0 Å². The number of aromatic nitrogens is 4. The lowest BCUT2D eigenvalue weighted by molar-refractivity contribution is 0.806. The maximum absolute atomic E-state index is 5.17. The number of imidazole rings is 1. The van der Waals surface area contributed by atoms with Crippen LogP contribution in [-0.2, 0) is 6.54 Å². The third kappa shape index (κ3) is 2.17. The predicted molar refractivity (Wildman–Crippen MR) is 77.7 cm³/mol. The maximum Gasteiger partial charge on any atom is 0.157 e. The standard InChI is InChI=1S/C14H14N4S/c1-9-3-4-10(2)11(5-9)6-18-8-17-12-13(18)15-7-16-14(12)19/h3-5,7-8H,6H2,1-2H3,(H,15,16,19). The van der Waals surface area contributed by atoms with Gasteiger partial charge in [-0.15, -0.1) is 0 Å². The normalized spacial score (nSPS) is 11.1. The van der Waals surface area contributed by atoms with E-state index in [4.69, 9.17) is 12.2 Å². The fourth-order valence-electron chi connectivity index (χ4n) is 2.18. The van der Waals surface area contributed by atoms with Crippen LogP contribution in [-0.4, -0.2) is 19.5 Å². The first-order valence-corrected chi connectivity index (χ1v) is 6.50. The summed E-state index contributed by atoms with van der Waals surface area (Å²) < 4.78 is 2.60. The van der Waals surface area contributed by atoms with Crippen molar-refractivity contribution in [1.29, 1.82) is 0 Å². The molecule has 0 spiro atoms. The number of nitrogens with one attached hydrogen (secondary N) is 1. The summed E-state index contributed by atoms with van der Waals surface area (Å²) in [5.74, 6) is 0. The Morgan fingerprint density at radius 2 is 2.11 bits per heavy atom. The van der Waals surface area contributed by atoms with Gasteiger partial charge in [0.25, 0.3) is 0 Å². The van der Waals surface area contributed by atoms with Crippen LogP contribution >= 0.6 is 12.2 Å². The van der Waals surface area contributed by atoms with E-state index in [0.29, 0.717) is 4.64 Å². The molecule has 0 saturated carbocycles. The molecule has 3 rings (SSSR count). The highest BCUT2D eigenvalue weighted by Gasteiger charge is 2.06. The quantitative estimate of drug-likeness (QED) is 0.728. The summed E-state index contributed by atoms with van der Waals surface area (Å²) in [4.78, 5) is 11.5. The number of benzene rings is 1. The van der Waals surface area contributed by atoms with Gasteiger partial charge >= 0.3 is 0 Å². The van der Waals surface area contributed by atoms with Crippen molar-refractivity contribution in [2.45, 2.75) is 20.4 Å². The van der Waals surface area contributed by atoms with E-state index in [9.17, 15) is 0 Å². The van der Waals surface area contributed by atoms with Crippen LogP contribution in [0.2, 0.25) is 0 Å². The van der Waals surface area contributed by atoms with Crippen LogP contribution in [0.1, 0.15) is 16.7 Å². The number of rotatable bonds is 2. The average Bonchev–Trinajstić information content (AvgIpc) is 2.79. The van der Waals surface area contributed by atoms with E-state index in [1.54, 1.807) is 12.7 Å². The number of H-pyrrole nitrogens is 1. The highest BCUT2D eigenvalue weighted by atomic mass is 32.1. The lowest BCUT2D eigenvalue weighted by Crippen LogP contribution is -2.01. The van der Waals surface area contributed by atoms with Gasteiger partial charge < -0.3 is 9.55 Å². The molecule has 5 heteroatoms. The Bertz CT molecular complexity index is 801. The van der Waals surface area contributed by atoms with Crippen LogP contribution in [0.3, 0.4) is 0 Å². The van der Waals surface area contributed by atoms with E-state index in [1.165, 1.54) is 16.7 Å². The van der Waals surface area contributed by atoms with Crippen LogP contribution in [0.5, 0.6) is 0 Å². The Labute approximate surface area is 116 Å². The van der Waals surface area contributed by atoms with E-state index < -0.39 is 0 Å². The fraction of sp³-hybridized carbons (Fsp3) is 0.214. The van der Waals surface area contributed by atoms with E-state index in [-0.39, 0.29) is 0 Å². The van der Waals surface area contributed by atoms with Crippen molar-refractivity contribution in [3.63, 3.8) is 0 Å². The first-order valence-electron chi connectivity index (χ1n) is 6.10. The molecule has 0 atom stereocenters. The molecule has 0 amide bonds. The van der Waals surface area contributed by atoms with Gasteiger partial charge in [-0.05, 0) is 25.0 Å². The number of hydrogen-bond donors (Lipinski definition) is 1. The van der Waals surface area contributed by atoms with Crippen molar-refractivity contribution < 1.29 is 0 Å². The lowest BCUT2D eigenvalue weighted by Gasteiger charge is -2.08. The van der Waals surface area contributed by atoms with Gasteiger partial charge in [0.15, 0.2) is 4.64 Å². The number of nitrogens with zero attached hydrogens (tertiary/aromatic N) is 3. The third-order valence-electron chi connectivity index (χ3n) is 3.27. The van der Waals surface area contributed by atoms with E-state index >= 15 is 0 Å². The van der Waals surface area contributed by atoms with Crippen LogP contribution in [0.15, 0.2) is 30.9 Å². The minimum absolute atomic E-state index is 0.536.